The van der Waals surface area contributed by atoms with Crippen LogP contribution in [0.1, 0.15) is 12.7 Å². The normalized spacial score (nSPS) is 11.2. The summed E-state index contributed by atoms with van der Waals surface area (Å²) in [7, 11) is 0. The van der Waals surface area contributed by atoms with E-state index in [1.165, 1.54) is 6.08 Å². The van der Waals surface area contributed by atoms with Crippen LogP contribution >= 0.6 is 0 Å². The Morgan fingerprint density at radius 2 is 2.42 bits per heavy atom. The average molecular weight is 162 g/mol. The number of hydrogen-bond acceptors (Lipinski definition) is 2. The minimum atomic E-state index is -0.0774. The van der Waals surface area contributed by atoms with Gasteiger partial charge in [-0.15, -0.1) is 0 Å². The molecule has 1 aromatic rings. The Kier molecular flexibility index (Phi) is 2.64. The molecule has 0 saturated heterocycles. The molecule has 0 N–H and O–H groups in total. The van der Waals surface area contributed by atoms with E-state index in [-0.39, 0.29) is 5.78 Å². The molecule has 12 heavy (non-hydrogen) atoms. The van der Waals surface area contributed by atoms with Gasteiger partial charge in [0.1, 0.15) is 5.76 Å². The second-order valence-corrected chi connectivity index (χ2v) is 2.41. The summed E-state index contributed by atoms with van der Waals surface area (Å²) >= 11 is 0. The maximum atomic E-state index is 11.0. The van der Waals surface area contributed by atoms with E-state index in [1.54, 1.807) is 31.4 Å². The fourth-order valence-electron chi connectivity index (χ4n) is 0.819. The molecule has 0 atom stereocenters. The molecule has 0 spiro atoms. The standard InChI is InChI=1S/C10H10O2/c1-3-10(11)8(2)7-9-5-4-6-12-9/h3-7H,1H2,2H3/b8-7+. The Bertz CT molecular complexity index is 305. The van der Waals surface area contributed by atoms with Crippen LogP contribution in [-0.2, 0) is 4.79 Å². The molecule has 1 heterocycles. The lowest BCUT2D eigenvalue weighted by molar-refractivity contribution is -0.111. The lowest BCUT2D eigenvalue weighted by Gasteiger charge is -1.91. The van der Waals surface area contributed by atoms with Crippen molar-refractivity contribution in [3.63, 3.8) is 0 Å². The van der Waals surface area contributed by atoms with Crippen LogP contribution in [0.25, 0.3) is 6.08 Å². The van der Waals surface area contributed by atoms with Crippen molar-refractivity contribution in [2.24, 2.45) is 0 Å². The van der Waals surface area contributed by atoms with Crippen LogP contribution in [0, 0.1) is 0 Å². The van der Waals surface area contributed by atoms with E-state index in [9.17, 15) is 4.79 Å². The summed E-state index contributed by atoms with van der Waals surface area (Å²) in [5.74, 6) is 0.606. The van der Waals surface area contributed by atoms with Crippen molar-refractivity contribution >= 4 is 11.9 Å². The van der Waals surface area contributed by atoms with Gasteiger partial charge in [0.25, 0.3) is 0 Å². The second kappa shape index (κ2) is 3.72. The summed E-state index contributed by atoms with van der Waals surface area (Å²) in [5.41, 5.74) is 0.625. The first-order valence-electron chi connectivity index (χ1n) is 3.62. The van der Waals surface area contributed by atoms with Crippen molar-refractivity contribution in [2.75, 3.05) is 0 Å². The van der Waals surface area contributed by atoms with E-state index >= 15 is 0 Å². The van der Waals surface area contributed by atoms with Crippen molar-refractivity contribution in [1.29, 1.82) is 0 Å². The molecule has 0 aromatic carbocycles. The maximum absolute atomic E-state index is 11.0. The topological polar surface area (TPSA) is 30.2 Å². The highest BCUT2D eigenvalue weighted by molar-refractivity contribution is 6.05. The highest BCUT2D eigenvalue weighted by atomic mass is 16.3. The first-order valence-corrected chi connectivity index (χ1v) is 3.62. The molecule has 2 nitrogen and oxygen atoms in total. The molecule has 0 aliphatic rings. The predicted octanol–water partition coefficient (Wildman–Crippen LogP) is 2.44. The molecule has 0 aliphatic carbocycles. The Morgan fingerprint density at radius 3 is 2.92 bits per heavy atom. The number of rotatable bonds is 3. The summed E-state index contributed by atoms with van der Waals surface area (Å²) in [4.78, 5) is 11.0. The van der Waals surface area contributed by atoms with Gasteiger partial charge in [-0.1, -0.05) is 6.58 Å². The quantitative estimate of drug-likeness (QED) is 0.639. The fraction of sp³-hybridized carbons (Fsp3) is 0.100. The molecule has 0 bridgehead atoms. The summed E-state index contributed by atoms with van der Waals surface area (Å²) in [6.45, 7) is 5.12. The highest BCUT2D eigenvalue weighted by Gasteiger charge is 1.99. The highest BCUT2D eigenvalue weighted by Crippen LogP contribution is 2.07. The second-order valence-electron chi connectivity index (χ2n) is 2.41. The van der Waals surface area contributed by atoms with Gasteiger partial charge in [-0.05, 0) is 31.2 Å². The molecule has 2 heteroatoms. The number of ketones is 1. The van der Waals surface area contributed by atoms with Crippen LogP contribution < -0.4 is 0 Å². The summed E-state index contributed by atoms with van der Waals surface area (Å²) in [5, 5.41) is 0. The summed E-state index contributed by atoms with van der Waals surface area (Å²) < 4.78 is 5.04. The lowest BCUT2D eigenvalue weighted by atomic mass is 10.1. The van der Waals surface area contributed by atoms with E-state index in [1.807, 2.05) is 0 Å². The average Bonchev–Trinajstić information content (AvgIpc) is 2.55. The number of furan rings is 1. The Hall–Kier alpha value is -1.57. The van der Waals surface area contributed by atoms with Gasteiger partial charge in [0, 0.05) is 5.57 Å². The molecule has 0 fully saturated rings. The zero-order valence-electron chi connectivity index (χ0n) is 6.91. The third kappa shape index (κ3) is 1.95. The molecular weight excluding hydrogens is 152 g/mol. The van der Waals surface area contributed by atoms with Crippen molar-refractivity contribution in [3.8, 4) is 0 Å². The van der Waals surface area contributed by atoms with E-state index in [0.29, 0.717) is 11.3 Å². The largest absolute Gasteiger partial charge is 0.465 e. The number of allylic oxidation sites excluding steroid dienone is 2. The third-order valence-electron chi connectivity index (χ3n) is 1.48. The van der Waals surface area contributed by atoms with Gasteiger partial charge in [-0.25, -0.2) is 0 Å². The zero-order valence-corrected chi connectivity index (χ0v) is 6.91. The van der Waals surface area contributed by atoms with Gasteiger partial charge in [0.15, 0.2) is 5.78 Å². The summed E-state index contributed by atoms with van der Waals surface area (Å²) in [6.07, 6.45) is 4.54. The van der Waals surface area contributed by atoms with Crippen LogP contribution in [-0.4, -0.2) is 5.78 Å². The van der Waals surface area contributed by atoms with E-state index in [0.717, 1.165) is 0 Å². The lowest BCUT2D eigenvalue weighted by Crippen LogP contribution is -1.92. The van der Waals surface area contributed by atoms with Crippen molar-refractivity contribution in [2.45, 2.75) is 6.92 Å². The number of carbonyl (C=O) groups is 1. The predicted molar refractivity (Wildman–Crippen MR) is 47.6 cm³/mol. The van der Waals surface area contributed by atoms with Crippen LogP contribution in [0.3, 0.4) is 0 Å². The van der Waals surface area contributed by atoms with Crippen molar-refractivity contribution < 1.29 is 9.21 Å². The minimum absolute atomic E-state index is 0.0774. The smallest absolute Gasteiger partial charge is 0.181 e. The van der Waals surface area contributed by atoms with Crippen molar-refractivity contribution in [1.82, 2.24) is 0 Å². The molecule has 0 saturated carbocycles. The molecule has 0 radical (unpaired) electrons. The van der Waals surface area contributed by atoms with E-state index in [4.69, 9.17) is 4.42 Å². The van der Waals surface area contributed by atoms with Gasteiger partial charge in [-0.3, -0.25) is 4.79 Å². The summed E-state index contributed by atoms with van der Waals surface area (Å²) in [6, 6.07) is 3.57. The van der Waals surface area contributed by atoms with Crippen LogP contribution in [0.5, 0.6) is 0 Å². The monoisotopic (exact) mass is 162 g/mol. The SMILES string of the molecule is C=CC(=O)/C(C)=C/c1ccco1. The molecular formula is C10H10O2. The first kappa shape index (κ1) is 8.53. The van der Waals surface area contributed by atoms with Crippen molar-refractivity contribution in [3.05, 3.63) is 42.4 Å². The van der Waals surface area contributed by atoms with Gasteiger partial charge < -0.3 is 4.42 Å². The number of hydrogen-bond donors (Lipinski definition) is 0. The molecule has 0 amide bonds. The zero-order chi connectivity index (χ0) is 8.97. The Morgan fingerprint density at radius 1 is 1.67 bits per heavy atom. The molecule has 62 valence electrons. The van der Waals surface area contributed by atoms with Crippen LogP contribution in [0.4, 0.5) is 0 Å². The van der Waals surface area contributed by atoms with Gasteiger partial charge in [0.2, 0.25) is 0 Å². The molecule has 0 aliphatic heterocycles. The molecule has 0 unspecified atom stereocenters. The minimum Gasteiger partial charge on any atom is -0.465 e. The molecule has 1 aromatic heterocycles. The Balaban J connectivity index is 2.83. The Labute approximate surface area is 71.2 Å². The maximum Gasteiger partial charge on any atom is 0.181 e. The van der Waals surface area contributed by atoms with Gasteiger partial charge >= 0.3 is 0 Å². The molecule has 1 rings (SSSR count). The van der Waals surface area contributed by atoms with E-state index < -0.39 is 0 Å². The number of carbonyl (C=O) groups excluding carboxylic acids is 1. The van der Waals surface area contributed by atoms with Gasteiger partial charge in [-0.2, -0.15) is 0 Å². The van der Waals surface area contributed by atoms with Gasteiger partial charge in [0.05, 0.1) is 6.26 Å². The first-order chi connectivity index (χ1) is 5.74. The van der Waals surface area contributed by atoms with E-state index in [2.05, 4.69) is 6.58 Å². The third-order valence-corrected chi connectivity index (χ3v) is 1.48. The van der Waals surface area contributed by atoms with Crippen LogP contribution in [0.15, 0.2) is 41.0 Å². The fourth-order valence-corrected chi connectivity index (χ4v) is 0.819. The van der Waals surface area contributed by atoms with Crippen LogP contribution in [0.2, 0.25) is 0 Å².